The SMILES string of the molecule is CN=C(NCCCCN1CCCC(C)C1)NCc1ccccc1Cn1cccn1.I. The Morgan fingerprint density at radius 2 is 2.00 bits per heavy atom. The molecule has 2 N–H and O–H groups in total. The van der Waals surface area contributed by atoms with E-state index in [1.54, 1.807) is 0 Å². The third kappa shape index (κ3) is 8.26. The molecule has 1 atom stereocenters. The maximum absolute atomic E-state index is 4.37. The number of aromatic nitrogens is 2. The van der Waals surface area contributed by atoms with Gasteiger partial charge in [-0.3, -0.25) is 9.67 Å². The number of likely N-dealkylation sites (tertiary alicyclic amines) is 1. The number of guanidine groups is 1. The fraction of sp³-hybridized carbons (Fsp3) is 0.565. The van der Waals surface area contributed by atoms with Gasteiger partial charge in [-0.1, -0.05) is 31.2 Å². The summed E-state index contributed by atoms with van der Waals surface area (Å²) in [6, 6.07) is 10.5. The molecule has 0 amide bonds. The van der Waals surface area contributed by atoms with E-state index in [-0.39, 0.29) is 24.0 Å². The van der Waals surface area contributed by atoms with E-state index in [4.69, 9.17) is 0 Å². The Morgan fingerprint density at radius 1 is 1.17 bits per heavy atom. The average Bonchev–Trinajstić information content (AvgIpc) is 3.24. The highest BCUT2D eigenvalue weighted by molar-refractivity contribution is 14.0. The number of nitrogens with zero attached hydrogens (tertiary/aromatic N) is 4. The maximum atomic E-state index is 4.37. The average molecular weight is 524 g/mol. The first kappa shape index (κ1) is 24.7. The Balaban J connectivity index is 0.00000320. The number of aliphatic imine (C=N–C) groups is 1. The van der Waals surface area contributed by atoms with Gasteiger partial charge in [0.25, 0.3) is 0 Å². The van der Waals surface area contributed by atoms with Crippen LogP contribution in [-0.2, 0) is 13.1 Å². The smallest absolute Gasteiger partial charge is 0.191 e. The Bertz CT molecular complexity index is 746. The number of hydrogen-bond donors (Lipinski definition) is 2. The summed E-state index contributed by atoms with van der Waals surface area (Å²) in [6.07, 6.45) is 8.97. The summed E-state index contributed by atoms with van der Waals surface area (Å²) in [6.45, 7) is 8.63. The van der Waals surface area contributed by atoms with Crippen molar-refractivity contribution in [3.63, 3.8) is 0 Å². The van der Waals surface area contributed by atoms with Crippen LogP contribution in [0.3, 0.4) is 0 Å². The zero-order valence-electron chi connectivity index (χ0n) is 18.4. The summed E-state index contributed by atoms with van der Waals surface area (Å²) in [5, 5.41) is 11.2. The summed E-state index contributed by atoms with van der Waals surface area (Å²) < 4.78 is 1.95. The Hall–Kier alpha value is -1.61. The summed E-state index contributed by atoms with van der Waals surface area (Å²) in [4.78, 5) is 7.00. The van der Waals surface area contributed by atoms with Crippen LogP contribution in [0.1, 0.15) is 43.7 Å². The molecule has 1 fully saturated rings. The second kappa shape index (κ2) is 13.6. The minimum Gasteiger partial charge on any atom is -0.356 e. The summed E-state index contributed by atoms with van der Waals surface area (Å²) in [5.41, 5.74) is 2.54. The molecule has 0 spiro atoms. The lowest BCUT2D eigenvalue weighted by Crippen LogP contribution is -2.38. The fourth-order valence-electron chi connectivity index (χ4n) is 4.01. The molecule has 1 aromatic carbocycles. The van der Waals surface area contributed by atoms with Gasteiger partial charge in [0.05, 0.1) is 6.54 Å². The van der Waals surface area contributed by atoms with E-state index in [9.17, 15) is 0 Å². The Morgan fingerprint density at radius 3 is 2.73 bits per heavy atom. The molecule has 1 aliphatic rings. The van der Waals surface area contributed by atoms with Crippen LogP contribution < -0.4 is 10.6 Å². The second-order valence-electron chi connectivity index (χ2n) is 8.08. The van der Waals surface area contributed by atoms with Crippen molar-refractivity contribution in [2.24, 2.45) is 10.9 Å². The minimum atomic E-state index is 0. The van der Waals surface area contributed by atoms with E-state index in [2.05, 4.69) is 56.8 Å². The number of piperidine rings is 1. The van der Waals surface area contributed by atoms with Gasteiger partial charge in [-0.15, -0.1) is 24.0 Å². The molecule has 6 nitrogen and oxygen atoms in total. The number of rotatable bonds is 9. The minimum absolute atomic E-state index is 0. The van der Waals surface area contributed by atoms with Gasteiger partial charge in [-0.2, -0.15) is 5.10 Å². The molecule has 1 aromatic heterocycles. The first-order valence-corrected chi connectivity index (χ1v) is 11.0. The number of benzene rings is 1. The Labute approximate surface area is 198 Å². The van der Waals surface area contributed by atoms with Crippen LogP contribution in [0.4, 0.5) is 0 Å². The maximum Gasteiger partial charge on any atom is 0.191 e. The van der Waals surface area contributed by atoms with E-state index in [0.29, 0.717) is 0 Å². The zero-order chi connectivity index (χ0) is 20.3. The predicted molar refractivity (Wildman–Crippen MR) is 135 cm³/mol. The molecule has 0 radical (unpaired) electrons. The van der Waals surface area contributed by atoms with Crippen LogP contribution in [0, 0.1) is 5.92 Å². The molecule has 7 heteroatoms. The Kier molecular flexibility index (Phi) is 11.2. The third-order valence-electron chi connectivity index (χ3n) is 5.61. The molecular formula is C23H37IN6. The molecule has 1 aliphatic heterocycles. The van der Waals surface area contributed by atoms with Gasteiger partial charge in [-0.05, 0) is 61.9 Å². The number of halogens is 1. The van der Waals surface area contributed by atoms with Crippen molar-refractivity contribution in [1.82, 2.24) is 25.3 Å². The van der Waals surface area contributed by atoms with Crippen molar-refractivity contribution in [3.8, 4) is 0 Å². The van der Waals surface area contributed by atoms with Gasteiger partial charge >= 0.3 is 0 Å². The normalized spacial score (nSPS) is 17.4. The number of nitrogens with one attached hydrogen (secondary N) is 2. The van der Waals surface area contributed by atoms with E-state index in [0.717, 1.165) is 31.5 Å². The van der Waals surface area contributed by atoms with Gasteiger partial charge in [-0.25, -0.2) is 0 Å². The van der Waals surface area contributed by atoms with Crippen LogP contribution in [0.15, 0.2) is 47.7 Å². The molecule has 2 heterocycles. The lowest BCUT2D eigenvalue weighted by Gasteiger charge is -2.30. The van der Waals surface area contributed by atoms with Crippen molar-refractivity contribution < 1.29 is 0 Å². The fourth-order valence-corrected chi connectivity index (χ4v) is 4.01. The first-order valence-electron chi connectivity index (χ1n) is 11.0. The predicted octanol–water partition coefficient (Wildman–Crippen LogP) is 3.73. The quantitative estimate of drug-likeness (QED) is 0.227. The molecule has 2 aromatic rings. The highest BCUT2D eigenvalue weighted by Crippen LogP contribution is 2.15. The van der Waals surface area contributed by atoms with E-state index in [1.807, 2.05) is 30.2 Å². The van der Waals surface area contributed by atoms with E-state index >= 15 is 0 Å². The van der Waals surface area contributed by atoms with Gasteiger partial charge in [0.1, 0.15) is 0 Å². The van der Waals surface area contributed by atoms with Gasteiger partial charge < -0.3 is 15.5 Å². The van der Waals surface area contributed by atoms with Crippen LogP contribution in [0.25, 0.3) is 0 Å². The molecule has 30 heavy (non-hydrogen) atoms. The van der Waals surface area contributed by atoms with Crippen molar-refractivity contribution in [2.75, 3.05) is 33.2 Å². The van der Waals surface area contributed by atoms with Crippen LogP contribution in [-0.4, -0.2) is 53.9 Å². The number of hydrogen-bond acceptors (Lipinski definition) is 3. The molecule has 0 aliphatic carbocycles. The molecule has 3 rings (SSSR count). The molecule has 1 saturated heterocycles. The van der Waals surface area contributed by atoms with Crippen molar-refractivity contribution >= 4 is 29.9 Å². The van der Waals surface area contributed by atoms with Crippen LogP contribution in [0.2, 0.25) is 0 Å². The zero-order valence-corrected chi connectivity index (χ0v) is 20.7. The molecule has 166 valence electrons. The monoisotopic (exact) mass is 524 g/mol. The highest BCUT2D eigenvalue weighted by Gasteiger charge is 2.15. The molecule has 0 saturated carbocycles. The van der Waals surface area contributed by atoms with Gasteiger partial charge in [0.2, 0.25) is 0 Å². The number of unbranched alkanes of at least 4 members (excludes halogenated alkanes) is 1. The van der Waals surface area contributed by atoms with E-state index < -0.39 is 0 Å². The summed E-state index contributed by atoms with van der Waals surface area (Å²) in [7, 11) is 1.83. The van der Waals surface area contributed by atoms with Crippen molar-refractivity contribution in [3.05, 3.63) is 53.9 Å². The standard InChI is InChI=1S/C23H36N6.HI/c1-20-9-7-15-28(18-20)14-6-5-12-25-23(24-2)26-17-21-10-3-4-11-22(21)19-29-16-8-13-27-29;/h3-4,8,10-11,13,16,20H,5-7,9,12,14-15,17-19H2,1-2H3,(H2,24,25,26);1H. The second-order valence-corrected chi connectivity index (χ2v) is 8.08. The van der Waals surface area contributed by atoms with Gasteiger partial charge in [0.15, 0.2) is 5.96 Å². The van der Waals surface area contributed by atoms with Gasteiger partial charge in [0, 0.05) is 39.1 Å². The summed E-state index contributed by atoms with van der Waals surface area (Å²) >= 11 is 0. The largest absolute Gasteiger partial charge is 0.356 e. The third-order valence-corrected chi connectivity index (χ3v) is 5.61. The molecular weight excluding hydrogens is 487 g/mol. The first-order chi connectivity index (χ1) is 14.2. The van der Waals surface area contributed by atoms with Crippen molar-refractivity contribution in [1.29, 1.82) is 0 Å². The highest BCUT2D eigenvalue weighted by atomic mass is 127. The molecule has 1 unspecified atom stereocenters. The lowest BCUT2D eigenvalue weighted by molar-refractivity contribution is 0.181. The van der Waals surface area contributed by atoms with Crippen LogP contribution >= 0.6 is 24.0 Å². The molecule has 0 bridgehead atoms. The summed E-state index contributed by atoms with van der Waals surface area (Å²) in [5.74, 6) is 1.73. The topological polar surface area (TPSA) is 57.5 Å². The lowest BCUT2D eigenvalue weighted by atomic mass is 10.0. The van der Waals surface area contributed by atoms with Crippen LogP contribution in [0.5, 0.6) is 0 Å². The van der Waals surface area contributed by atoms with Crippen molar-refractivity contribution in [2.45, 2.75) is 45.7 Å². The van der Waals surface area contributed by atoms with E-state index in [1.165, 1.54) is 56.4 Å².